The van der Waals surface area contributed by atoms with Gasteiger partial charge in [-0.1, -0.05) is 13.8 Å². The Morgan fingerprint density at radius 2 is 1.33 bits per heavy atom. The summed E-state index contributed by atoms with van der Waals surface area (Å²) in [5, 5.41) is 10.3. The summed E-state index contributed by atoms with van der Waals surface area (Å²) in [7, 11) is -0.516. The van der Waals surface area contributed by atoms with Crippen molar-refractivity contribution in [3.8, 4) is 0 Å². The third kappa shape index (κ3) is 2.08. The Morgan fingerprint density at radius 1 is 1.00 bits per heavy atom. The molecule has 0 radical (unpaired) electrons. The largest absolute Gasteiger partial charge is 0.491 e. The molecule has 0 atom stereocenters. The van der Waals surface area contributed by atoms with E-state index in [1.165, 1.54) is 0 Å². The molecule has 4 heteroatoms. The highest BCUT2D eigenvalue weighted by Gasteiger charge is 2.58. The molecule has 1 fully saturated rings. The number of hydrogen-bond donors (Lipinski definition) is 1. The van der Waals surface area contributed by atoms with Crippen molar-refractivity contribution < 1.29 is 14.4 Å². The predicted octanol–water partition coefficient (Wildman–Crippen LogP) is 2.17. The van der Waals surface area contributed by atoms with E-state index in [0.29, 0.717) is 12.8 Å². The topological polar surface area (TPSA) is 38.7 Å². The molecule has 1 aliphatic heterocycles. The summed E-state index contributed by atoms with van der Waals surface area (Å²) in [6.45, 7) is 11.9. The minimum absolute atomic E-state index is 0.365. The van der Waals surface area contributed by atoms with Gasteiger partial charge in [-0.2, -0.15) is 0 Å². The van der Waals surface area contributed by atoms with Crippen molar-refractivity contribution in [3.05, 3.63) is 0 Å². The molecule has 0 aromatic rings. The van der Waals surface area contributed by atoms with E-state index in [1.54, 1.807) is 0 Å². The highest BCUT2D eigenvalue weighted by molar-refractivity contribution is 6.49. The first-order valence-electron chi connectivity index (χ1n) is 5.76. The third-order valence-corrected chi connectivity index (χ3v) is 3.92. The maximum Gasteiger partial charge on any atom is 0.491 e. The fourth-order valence-electron chi connectivity index (χ4n) is 1.65. The van der Waals surface area contributed by atoms with Crippen LogP contribution in [-0.2, 0) is 9.31 Å². The zero-order valence-corrected chi connectivity index (χ0v) is 10.8. The van der Waals surface area contributed by atoms with E-state index < -0.39 is 12.6 Å². The minimum Gasteiger partial charge on any atom is -0.401 e. The van der Waals surface area contributed by atoms with Crippen molar-refractivity contribution in [1.29, 1.82) is 0 Å². The molecule has 0 bridgehead atoms. The Kier molecular flexibility index (Phi) is 3.26. The molecule has 1 heterocycles. The van der Waals surface area contributed by atoms with Crippen LogP contribution >= 0.6 is 0 Å². The molecule has 0 amide bonds. The van der Waals surface area contributed by atoms with Crippen molar-refractivity contribution in [3.63, 3.8) is 0 Å². The van der Waals surface area contributed by atoms with Gasteiger partial charge in [0.15, 0.2) is 0 Å². The number of hydrogen-bond acceptors (Lipinski definition) is 3. The molecule has 1 aliphatic rings. The Bertz CT molecular complexity index is 218. The van der Waals surface area contributed by atoms with Crippen LogP contribution in [0.25, 0.3) is 0 Å². The zero-order valence-electron chi connectivity index (χ0n) is 10.8. The van der Waals surface area contributed by atoms with Crippen LogP contribution in [0.4, 0.5) is 0 Å². The van der Waals surface area contributed by atoms with Gasteiger partial charge in [-0.05, 0) is 40.5 Å². The van der Waals surface area contributed by atoms with Gasteiger partial charge in [0.1, 0.15) is 0 Å². The minimum atomic E-state index is -0.870. The molecule has 15 heavy (non-hydrogen) atoms. The van der Waals surface area contributed by atoms with Crippen LogP contribution in [0.15, 0.2) is 0 Å². The molecule has 3 nitrogen and oxygen atoms in total. The lowest BCUT2D eigenvalue weighted by Crippen LogP contribution is -2.47. The first-order valence-corrected chi connectivity index (χ1v) is 5.76. The summed E-state index contributed by atoms with van der Waals surface area (Å²) < 4.78 is 11.7. The van der Waals surface area contributed by atoms with E-state index in [9.17, 15) is 5.11 Å². The third-order valence-electron chi connectivity index (χ3n) is 3.92. The molecular weight excluding hydrogens is 191 g/mol. The van der Waals surface area contributed by atoms with Crippen LogP contribution in [-0.4, -0.2) is 28.9 Å². The molecule has 0 aromatic carbocycles. The van der Waals surface area contributed by atoms with Gasteiger partial charge in [0.2, 0.25) is 0 Å². The second-order valence-corrected chi connectivity index (χ2v) is 5.40. The van der Waals surface area contributed by atoms with Crippen molar-refractivity contribution >= 4 is 7.12 Å². The van der Waals surface area contributed by atoms with Crippen LogP contribution in [0.1, 0.15) is 54.4 Å². The Hall–Kier alpha value is -0.0551. The second-order valence-electron chi connectivity index (χ2n) is 5.40. The number of rotatable bonds is 3. The van der Waals surface area contributed by atoms with Gasteiger partial charge in [0.25, 0.3) is 0 Å². The van der Waals surface area contributed by atoms with Gasteiger partial charge in [-0.15, -0.1) is 0 Å². The molecule has 1 saturated heterocycles. The van der Waals surface area contributed by atoms with Crippen LogP contribution < -0.4 is 0 Å². The van der Waals surface area contributed by atoms with Crippen LogP contribution in [0.3, 0.4) is 0 Å². The van der Waals surface area contributed by atoms with E-state index in [0.717, 1.165) is 0 Å². The Morgan fingerprint density at radius 3 is 1.60 bits per heavy atom. The summed E-state index contributed by atoms with van der Waals surface area (Å²) >= 11 is 0. The highest BCUT2D eigenvalue weighted by Crippen LogP contribution is 2.40. The number of aliphatic hydroxyl groups is 1. The fraction of sp³-hybridized carbons (Fsp3) is 1.00. The lowest BCUT2D eigenvalue weighted by atomic mass is 9.64. The fourth-order valence-corrected chi connectivity index (χ4v) is 1.65. The van der Waals surface area contributed by atoms with Gasteiger partial charge in [0.05, 0.1) is 16.7 Å². The summed E-state index contributed by atoms with van der Waals surface area (Å²) in [6, 6.07) is 0. The molecule has 0 spiro atoms. The van der Waals surface area contributed by atoms with E-state index in [2.05, 4.69) is 0 Å². The average molecular weight is 214 g/mol. The molecular formula is C11H23BO3. The molecule has 0 unspecified atom stereocenters. The van der Waals surface area contributed by atoms with Crippen LogP contribution in [0, 0.1) is 0 Å². The average Bonchev–Trinajstić information content (AvgIpc) is 2.35. The summed E-state index contributed by atoms with van der Waals surface area (Å²) in [5.41, 5.74) is -1.60. The molecule has 0 aromatic heterocycles. The van der Waals surface area contributed by atoms with Crippen LogP contribution in [0.5, 0.6) is 0 Å². The normalized spacial score (nSPS) is 24.6. The first kappa shape index (κ1) is 13.0. The lowest BCUT2D eigenvalue weighted by Gasteiger charge is -2.32. The molecule has 0 aliphatic carbocycles. The maximum atomic E-state index is 10.3. The van der Waals surface area contributed by atoms with Gasteiger partial charge >= 0.3 is 7.12 Å². The van der Waals surface area contributed by atoms with Gasteiger partial charge in [0, 0.05) is 0 Å². The lowest BCUT2D eigenvalue weighted by molar-refractivity contribution is 0.00578. The molecule has 1 N–H and O–H groups in total. The van der Waals surface area contributed by atoms with E-state index in [1.807, 2.05) is 41.5 Å². The SMILES string of the molecule is CCC(O)(CC)B1OC(C)(C)C(C)(C)O1. The second kappa shape index (κ2) is 3.76. The standard InChI is InChI=1S/C11H23BO3/c1-7-11(13,8-2)12-14-9(3,4)10(5,6)15-12/h13H,7-8H2,1-6H3. The van der Waals surface area contributed by atoms with Gasteiger partial charge in [-0.3, -0.25) is 0 Å². The zero-order chi connectivity index (χ0) is 11.9. The molecule has 1 rings (SSSR count). The molecule has 88 valence electrons. The van der Waals surface area contributed by atoms with E-state index in [-0.39, 0.29) is 11.2 Å². The highest BCUT2D eigenvalue weighted by atomic mass is 16.7. The Balaban J connectivity index is 2.87. The van der Waals surface area contributed by atoms with Crippen LogP contribution in [0.2, 0.25) is 0 Å². The van der Waals surface area contributed by atoms with Gasteiger partial charge < -0.3 is 14.4 Å². The van der Waals surface area contributed by atoms with Crippen molar-refractivity contribution in [2.75, 3.05) is 0 Å². The monoisotopic (exact) mass is 214 g/mol. The summed E-state index contributed by atoms with van der Waals surface area (Å²) in [5.74, 6) is 0. The van der Waals surface area contributed by atoms with E-state index in [4.69, 9.17) is 9.31 Å². The predicted molar refractivity (Wildman–Crippen MR) is 61.6 cm³/mol. The molecule has 0 saturated carbocycles. The van der Waals surface area contributed by atoms with Gasteiger partial charge in [-0.25, -0.2) is 0 Å². The van der Waals surface area contributed by atoms with Crippen molar-refractivity contribution in [2.24, 2.45) is 0 Å². The smallest absolute Gasteiger partial charge is 0.401 e. The van der Waals surface area contributed by atoms with Crippen molar-refractivity contribution in [1.82, 2.24) is 0 Å². The quantitative estimate of drug-likeness (QED) is 0.731. The summed E-state index contributed by atoms with van der Waals surface area (Å²) in [6.07, 6.45) is 1.28. The summed E-state index contributed by atoms with van der Waals surface area (Å²) in [4.78, 5) is 0. The maximum absolute atomic E-state index is 10.3. The van der Waals surface area contributed by atoms with Crippen molar-refractivity contribution in [2.45, 2.75) is 71.1 Å². The van der Waals surface area contributed by atoms with E-state index >= 15 is 0 Å². The first-order chi connectivity index (χ1) is 6.68. The Labute approximate surface area is 93.3 Å².